The molecule has 3 rings (SSSR count). The van der Waals surface area contributed by atoms with Crippen LogP contribution in [-0.4, -0.2) is 23.6 Å². The molecule has 2 aromatic rings. The van der Waals surface area contributed by atoms with Crippen molar-refractivity contribution in [1.82, 2.24) is 0 Å². The predicted octanol–water partition coefficient (Wildman–Crippen LogP) is 4.04. The summed E-state index contributed by atoms with van der Waals surface area (Å²) in [6.07, 6.45) is 0.482. The van der Waals surface area contributed by atoms with E-state index in [9.17, 15) is 5.11 Å². The molecule has 2 unspecified atom stereocenters. The number of fused-ring (bicyclic) bond motifs is 1. The van der Waals surface area contributed by atoms with Gasteiger partial charge in [-0.05, 0) is 36.2 Å². The Balaban J connectivity index is 1.58. The number of hydrogen-bond acceptors (Lipinski definition) is 3. The van der Waals surface area contributed by atoms with E-state index in [1.165, 1.54) is 5.56 Å². The van der Waals surface area contributed by atoms with Crippen molar-refractivity contribution in [3.8, 4) is 5.75 Å². The number of para-hydroxylation sites is 1. The van der Waals surface area contributed by atoms with Crippen LogP contribution in [0.2, 0.25) is 5.02 Å². The highest BCUT2D eigenvalue weighted by atomic mass is 35.5. The van der Waals surface area contributed by atoms with Crippen molar-refractivity contribution in [3.05, 3.63) is 59.1 Å². The fraction of sp³-hybridized carbons (Fsp3) is 0.294. The van der Waals surface area contributed by atoms with E-state index >= 15 is 0 Å². The van der Waals surface area contributed by atoms with Crippen LogP contribution in [0, 0.1) is 5.92 Å². The maximum atomic E-state index is 10.4. The summed E-state index contributed by atoms with van der Waals surface area (Å²) >= 11 is 7.60. The molecule has 21 heavy (non-hydrogen) atoms. The summed E-state index contributed by atoms with van der Waals surface area (Å²) in [5, 5.41) is 11.1. The van der Waals surface area contributed by atoms with Crippen molar-refractivity contribution in [2.24, 2.45) is 5.92 Å². The van der Waals surface area contributed by atoms with Gasteiger partial charge in [0.05, 0.1) is 12.7 Å². The number of hydrogen-bond donors (Lipinski definition) is 1. The minimum atomic E-state index is -0.387. The first-order valence-electron chi connectivity index (χ1n) is 6.99. The number of thioether (sulfide) groups is 1. The smallest absolute Gasteiger partial charge is 0.122 e. The minimum Gasteiger partial charge on any atom is -0.493 e. The first-order valence-corrected chi connectivity index (χ1v) is 8.36. The monoisotopic (exact) mass is 320 g/mol. The molecule has 0 saturated heterocycles. The van der Waals surface area contributed by atoms with Crippen LogP contribution in [-0.2, 0) is 6.42 Å². The second-order valence-corrected chi connectivity index (χ2v) is 6.75. The second kappa shape index (κ2) is 6.73. The van der Waals surface area contributed by atoms with Gasteiger partial charge in [-0.15, -0.1) is 11.8 Å². The fourth-order valence-corrected chi connectivity index (χ4v) is 3.75. The van der Waals surface area contributed by atoms with Crippen LogP contribution >= 0.6 is 23.4 Å². The Labute approximate surface area is 134 Å². The Morgan fingerprint density at radius 2 is 2.10 bits per heavy atom. The summed E-state index contributed by atoms with van der Waals surface area (Å²) < 4.78 is 5.74. The molecule has 1 N–H and O–H groups in total. The molecule has 1 heterocycles. The highest BCUT2D eigenvalue weighted by Crippen LogP contribution is 2.30. The zero-order valence-electron chi connectivity index (χ0n) is 11.5. The molecular weight excluding hydrogens is 304 g/mol. The molecule has 2 nitrogen and oxygen atoms in total. The number of benzene rings is 2. The number of aliphatic hydroxyl groups excluding tert-OH is 1. The third-order valence-electron chi connectivity index (χ3n) is 3.67. The molecule has 0 saturated carbocycles. The summed E-state index contributed by atoms with van der Waals surface area (Å²) in [5.74, 6) is 1.74. The van der Waals surface area contributed by atoms with E-state index in [0.717, 1.165) is 22.1 Å². The normalized spacial score (nSPS) is 18.7. The number of rotatable bonds is 4. The molecule has 2 atom stereocenters. The maximum absolute atomic E-state index is 10.4. The Bertz CT molecular complexity index is 617. The van der Waals surface area contributed by atoms with Crippen LogP contribution in [0.5, 0.6) is 5.75 Å². The van der Waals surface area contributed by atoms with Crippen LogP contribution < -0.4 is 4.74 Å². The summed E-state index contributed by atoms with van der Waals surface area (Å²) in [4.78, 5) is 1.08. The van der Waals surface area contributed by atoms with Crippen molar-refractivity contribution in [2.75, 3.05) is 12.4 Å². The number of halogens is 1. The summed E-state index contributed by atoms with van der Waals surface area (Å²) in [6, 6.07) is 15.8. The first-order chi connectivity index (χ1) is 10.2. The van der Waals surface area contributed by atoms with E-state index in [-0.39, 0.29) is 12.0 Å². The topological polar surface area (TPSA) is 29.5 Å². The van der Waals surface area contributed by atoms with Gasteiger partial charge in [-0.3, -0.25) is 0 Å². The minimum absolute atomic E-state index is 0.145. The Kier molecular flexibility index (Phi) is 4.73. The molecule has 0 fully saturated rings. The van der Waals surface area contributed by atoms with Gasteiger partial charge in [0.1, 0.15) is 5.75 Å². The SMILES string of the molecule is OC(CSc1cccc(Cl)c1)C1COc2ccccc2C1. The van der Waals surface area contributed by atoms with Crippen LogP contribution in [0.3, 0.4) is 0 Å². The first kappa shape index (κ1) is 14.8. The largest absolute Gasteiger partial charge is 0.493 e. The Morgan fingerprint density at radius 1 is 1.24 bits per heavy atom. The summed E-state index contributed by atoms with van der Waals surface area (Å²) in [5.41, 5.74) is 1.18. The molecule has 0 bridgehead atoms. The number of aliphatic hydroxyl groups is 1. The molecule has 0 spiro atoms. The molecular formula is C17H17ClO2S. The molecule has 4 heteroatoms. The number of ether oxygens (including phenoxy) is 1. The van der Waals surface area contributed by atoms with E-state index in [0.29, 0.717) is 12.4 Å². The average molecular weight is 321 g/mol. The standard InChI is InChI=1S/C17H17ClO2S/c18-14-5-3-6-15(9-14)21-11-16(19)13-8-12-4-1-2-7-17(12)20-10-13/h1-7,9,13,16,19H,8,10-11H2. The van der Waals surface area contributed by atoms with Gasteiger partial charge in [-0.2, -0.15) is 0 Å². The molecule has 2 aromatic carbocycles. The van der Waals surface area contributed by atoms with Gasteiger partial charge in [0.15, 0.2) is 0 Å². The lowest BCUT2D eigenvalue weighted by molar-refractivity contribution is 0.0817. The van der Waals surface area contributed by atoms with E-state index < -0.39 is 0 Å². The lowest BCUT2D eigenvalue weighted by Crippen LogP contribution is -2.33. The molecule has 0 amide bonds. The molecule has 0 radical (unpaired) electrons. The average Bonchev–Trinajstić information content (AvgIpc) is 2.52. The van der Waals surface area contributed by atoms with E-state index in [1.807, 2.05) is 42.5 Å². The van der Waals surface area contributed by atoms with E-state index in [1.54, 1.807) is 11.8 Å². The lowest BCUT2D eigenvalue weighted by atomic mass is 9.93. The maximum Gasteiger partial charge on any atom is 0.122 e. The summed E-state index contributed by atoms with van der Waals surface area (Å²) in [6.45, 7) is 0.578. The quantitative estimate of drug-likeness (QED) is 0.862. The van der Waals surface area contributed by atoms with Gasteiger partial charge in [0.25, 0.3) is 0 Å². The zero-order valence-corrected chi connectivity index (χ0v) is 13.1. The van der Waals surface area contributed by atoms with Crippen LogP contribution in [0.15, 0.2) is 53.4 Å². The van der Waals surface area contributed by atoms with Gasteiger partial charge in [0.2, 0.25) is 0 Å². The third kappa shape index (κ3) is 3.73. The lowest BCUT2D eigenvalue weighted by Gasteiger charge is -2.28. The van der Waals surface area contributed by atoms with Gasteiger partial charge < -0.3 is 9.84 Å². The highest BCUT2D eigenvalue weighted by molar-refractivity contribution is 7.99. The van der Waals surface area contributed by atoms with Crippen molar-refractivity contribution in [2.45, 2.75) is 17.4 Å². The molecule has 110 valence electrons. The molecule has 1 aliphatic heterocycles. The Morgan fingerprint density at radius 3 is 2.95 bits per heavy atom. The Hall–Kier alpha value is -1.16. The zero-order chi connectivity index (χ0) is 14.7. The summed E-state index contributed by atoms with van der Waals surface area (Å²) in [7, 11) is 0. The second-order valence-electron chi connectivity index (χ2n) is 5.22. The van der Waals surface area contributed by atoms with Crippen molar-refractivity contribution in [1.29, 1.82) is 0 Å². The van der Waals surface area contributed by atoms with Gasteiger partial charge in [-0.25, -0.2) is 0 Å². The molecule has 1 aliphatic rings. The predicted molar refractivity (Wildman–Crippen MR) is 87.3 cm³/mol. The van der Waals surface area contributed by atoms with E-state index in [4.69, 9.17) is 16.3 Å². The van der Waals surface area contributed by atoms with Gasteiger partial charge >= 0.3 is 0 Å². The fourth-order valence-electron chi connectivity index (χ4n) is 2.47. The molecule has 0 aromatic heterocycles. The molecule has 0 aliphatic carbocycles. The van der Waals surface area contributed by atoms with Crippen molar-refractivity contribution >= 4 is 23.4 Å². The third-order valence-corrected chi connectivity index (χ3v) is 5.00. The van der Waals surface area contributed by atoms with E-state index in [2.05, 4.69) is 6.07 Å². The van der Waals surface area contributed by atoms with Gasteiger partial charge in [0, 0.05) is 21.6 Å². The van der Waals surface area contributed by atoms with Crippen molar-refractivity contribution < 1.29 is 9.84 Å². The highest BCUT2D eigenvalue weighted by Gasteiger charge is 2.25. The van der Waals surface area contributed by atoms with Gasteiger partial charge in [-0.1, -0.05) is 35.9 Å². The van der Waals surface area contributed by atoms with Crippen molar-refractivity contribution in [3.63, 3.8) is 0 Å². The van der Waals surface area contributed by atoms with Crippen LogP contribution in [0.4, 0.5) is 0 Å². The van der Waals surface area contributed by atoms with Crippen LogP contribution in [0.25, 0.3) is 0 Å². The van der Waals surface area contributed by atoms with Crippen LogP contribution in [0.1, 0.15) is 5.56 Å².